The lowest BCUT2D eigenvalue weighted by Gasteiger charge is -2.17. The van der Waals surface area contributed by atoms with Gasteiger partial charge in [-0.15, -0.1) is 5.10 Å². The second-order valence-electron chi connectivity index (χ2n) is 4.97. The Morgan fingerprint density at radius 2 is 2.05 bits per heavy atom. The molecular formula is C16H23N5O. The number of aromatic nitrogens is 3. The summed E-state index contributed by atoms with van der Waals surface area (Å²) in [5, 5.41) is 11.2. The molecule has 0 radical (unpaired) electrons. The minimum absolute atomic E-state index is 0.466. The van der Waals surface area contributed by atoms with Crippen molar-refractivity contribution in [2.45, 2.75) is 26.7 Å². The van der Waals surface area contributed by atoms with Crippen LogP contribution >= 0.6 is 0 Å². The number of nitrogens with zero attached hydrogens (tertiary/aromatic N) is 4. The van der Waals surface area contributed by atoms with E-state index < -0.39 is 0 Å². The van der Waals surface area contributed by atoms with Gasteiger partial charge in [0, 0.05) is 13.6 Å². The van der Waals surface area contributed by atoms with Crippen molar-refractivity contribution in [2.24, 2.45) is 0 Å². The molecule has 6 nitrogen and oxygen atoms in total. The number of para-hydroxylation sites is 2. The van der Waals surface area contributed by atoms with Gasteiger partial charge in [0.2, 0.25) is 5.95 Å². The standard InChI is InChI=1S/C16H23N5O/c1-4-6-11-21(3)15-12-17-20-16(19-15)18-13-9-7-8-10-14(13)22-5-2/h7-10,12H,4-6,11H2,1-3H3,(H,18,19,20). The summed E-state index contributed by atoms with van der Waals surface area (Å²) in [4.78, 5) is 6.59. The maximum Gasteiger partial charge on any atom is 0.249 e. The molecule has 0 aliphatic rings. The average molecular weight is 301 g/mol. The maximum absolute atomic E-state index is 5.59. The summed E-state index contributed by atoms with van der Waals surface area (Å²) < 4.78 is 5.59. The molecule has 118 valence electrons. The van der Waals surface area contributed by atoms with Crippen molar-refractivity contribution in [1.82, 2.24) is 15.2 Å². The minimum atomic E-state index is 0.466. The monoisotopic (exact) mass is 301 g/mol. The van der Waals surface area contributed by atoms with Crippen LogP contribution in [0.4, 0.5) is 17.5 Å². The van der Waals surface area contributed by atoms with Gasteiger partial charge in [0.05, 0.1) is 18.5 Å². The van der Waals surface area contributed by atoms with E-state index in [-0.39, 0.29) is 0 Å². The summed E-state index contributed by atoms with van der Waals surface area (Å²) in [6.45, 7) is 5.68. The van der Waals surface area contributed by atoms with E-state index in [1.165, 1.54) is 0 Å². The first kappa shape index (κ1) is 16.0. The summed E-state index contributed by atoms with van der Waals surface area (Å²) in [6, 6.07) is 7.72. The Morgan fingerprint density at radius 3 is 2.82 bits per heavy atom. The summed E-state index contributed by atoms with van der Waals surface area (Å²) in [6.07, 6.45) is 3.95. The first-order valence-electron chi connectivity index (χ1n) is 7.64. The number of anilines is 3. The lowest BCUT2D eigenvalue weighted by atomic mass is 10.3. The molecule has 2 rings (SSSR count). The van der Waals surface area contributed by atoms with Crippen LogP contribution in [0.3, 0.4) is 0 Å². The van der Waals surface area contributed by atoms with Crippen LogP contribution in [0, 0.1) is 0 Å². The molecule has 1 heterocycles. The molecule has 6 heteroatoms. The maximum atomic E-state index is 5.59. The van der Waals surface area contributed by atoms with E-state index in [0.717, 1.165) is 36.6 Å². The number of rotatable bonds is 8. The minimum Gasteiger partial charge on any atom is -0.492 e. The molecule has 0 aliphatic carbocycles. The zero-order valence-electron chi connectivity index (χ0n) is 13.4. The van der Waals surface area contributed by atoms with Gasteiger partial charge in [0.15, 0.2) is 5.82 Å². The second-order valence-corrected chi connectivity index (χ2v) is 4.97. The lowest BCUT2D eigenvalue weighted by molar-refractivity contribution is 0.342. The molecule has 0 bridgehead atoms. The summed E-state index contributed by atoms with van der Waals surface area (Å²) in [5.41, 5.74) is 0.833. The van der Waals surface area contributed by atoms with Gasteiger partial charge in [0.1, 0.15) is 5.75 Å². The second kappa shape index (κ2) is 8.17. The predicted molar refractivity (Wildman–Crippen MR) is 88.9 cm³/mol. The van der Waals surface area contributed by atoms with Crippen molar-refractivity contribution in [1.29, 1.82) is 0 Å². The largest absolute Gasteiger partial charge is 0.492 e. The van der Waals surface area contributed by atoms with Gasteiger partial charge in [-0.3, -0.25) is 0 Å². The highest BCUT2D eigenvalue weighted by Crippen LogP contribution is 2.26. The SMILES string of the molecule is CCCCN(C)c1cnnc(Nc2ccccc2OCC)n1. The highest BCUT2D eigenvalue weighted by atomic mass is 16.5. The first-order valence-corrected chi connectivity index (χ1v) is 7.64. The number of hydrogen-bond acceptors (Lipinski definition) is 6. The molecule has 1 aromatic heterocycles. The summed E-state index contributed by atoms with van der Waals surface area (Å²) in [5.74, 6) is 2.05. The van der Waals surface area contributed by atoms with Crippen LogP contribution < -0.4 is 15.0 Å². The summed E-state index contributed by atoms with van der Waals surface area (Å²) >= 11 is 0. The highest BCUT2D eigenvalue weighted by Gasteiger charge is 2.08. The van der Waals surface area contributed by atoms with E-state index in [1.54, 1.807) is 6.20 Å². The zero-order chi connectivity index (χ0) is 15.8. The fourth-order valence-electron chi connectivity index (χ4n) is 2.01. The molecule has 0 unspecified atom stereocenters. The Kier molecular flexibility index (Phi) is 5.94. The van der Waals surface area contributed by atoms with E-state index >= 15 is 0 Å². The lowest BCUT2D eigenvalue weighted by Crippen LogP contribution is -2.20. The van der Waals surface area contributed by atoms with E-state index in [2.05, 4.69) is 32.3 Å². The Hall–Kier alpha value is -2.37. The predicted octanol–water partition coefficient (Wildman–Crippen LogP) is 3.25. The molecule has 0 atom stereocenters. The van der Waals surface area contributed by atoms with Gasteiger partial charge < -0.3 is 15.0 Å². The van der Waals surface area contributed by atoms with Crippen molar-refractivity contribution >= 4 is 17.5 Å². The smallest absolute Gasteiger partial charge is 0.249 e. The van der Waals surface area contributed by atoms with E-state index in [1.807, 2.05) is 38.2 Å². The Bertz CT molecular complexity index is 590. The third kappa shape index (κ3) is 4.31. The van der Waals surface area contributed by atoms with Gasteiger partial charge in [-0.1, -0.05) is 25.5 Å². The van der Waals surface area contributed by atoms with Gasteiger partial charge in [0.25, 0.3) is 0 Å². The van der Waals surface area contributed by atoms with Crippen molar-refractivity contribution < 1.29 is 4.74 Å². The molecule has 22 heavy (non-hydrogen) atoms. The van der Waals surface area contributed by atoms with E-state index in [9.17, 15) is 0 Å². The van der Waals surface area contributed by atoms with Crippen LogP contribution in [0.2, 0.25) is 0 Å². The zero-order valence-corrected chi connectivity index (χ0v) is 13.4. The van der Waals surface area contributed by atoms with Crippen LogP contribution in [0.5, 0.6) is 5.75 Å². The topological polar surface area (TPSA) is 63.2 Å². The van der Waals surface area contributed by atoms with Crippen molar-refractivity contribution in [3.05, 3.63) is 30.5 Å². The normalized spacial score (nSPS) is 10.3. The molecule has 0 spiro atoms. The molecule has 2 aromatic rings. The average Bonchev–Trinajstić information content (AvgIpc) is 2.55. The van der Waals surface area contributed by atoms with Gasteiger partial charge in [-0.25, -0.2) is 0 Å². The third-order valence-corrected chi connectivity index (χ3v) is 3.22. The van der Waals surface area contributed by atoms with Gasteiger partial charge in [-0.05, 0) is 25.5 Å². The molecule has 0 saturated carbocycles. The van der Waals surface area contributed by atoms with E-state index in [4.69, 9.17) is 4.74 Å². The number of hydrogen-bond donors (Lipinski definition) is 1. The highest BCUT2D eigenvalue weighted by molar-refractivity contribution is 5.62. The molecule has 0 amide bonds. The number of nitrogens with one attached hydrogen (secondary N) is 1. The number of unbranched alkanes of at least 4 members (excludes halogenated alkanes) is 1. The Morgan fingerprint density at radius 1 is 1.23 bits per heavy atom. The van der Waals surface area contributed by atoms with Crippen molar-refractivity contribution in [3.8, 4) is 5.75 Å². The van der Waals surface area contributed by atoms with Crippen LogP contribution in [0.1, 0.15) is 26.7 Å². The fourth-order valence-corrected chi connectivity index (χ4v) is 2.01. The molecule has 0 fully saturated rings. The van der Waals surface area contributed by atoms with Crippen LogP contribution in [0.15, 0.2) is 30.5 Å². The molecule has 1 N–H and O–H groups in total. The third-order valence-electron chi connectivity index (χ3n) is 3.22. The first-order chi connectivity index (χ1) is 10.7. The Balaban J connectivity index is 2.13. The van der Waals surface area contributed by atoms with Crippen molar-refractivity contribution in [3.63, 3.8) is 0 Å². The summed E-state index contributed by atoms with van der Waals surface area (Å²) in [7, 11) is 2.01. The molecular weight excluding hydrogens is 278 g/mol. The number of benzene rings is 1. The van der Waals surface area contributed by atoms with Crippen LogP contribution in [0.25, 0.3) is 0 Å². The van der Waals surface area contributed by atoms with Gasteiger partial charge in [-0.2, -0.15) is 10.1 Å². The van der Waals surface area contributed by atoms with E-state index in [0.29, 0.717) is 12.6 Å². The quantitative estimate of drug-likeness (QED) is 0.807. The van der Waals surface area contributed by atoms with Crippen molar-refractivity contribution in [2.75, 3.05) is 30.4 Å². The molecule has 0 saturated heterocycles. The van der Waals surface area contributed by atoms with Crippen LogP contribution in [-0.2, 0) is 0 Å². The van der Waals surface area contributed by atoms with Crippen LogP contribution in [-0.4, -0.2) is 35.4 Å². The molecule has 1 aromatic carbocycles. The van der Waals surface area contributed by atoms with Gasteiger partial charge >= 0.3 is 0 Å². The Labute approximate surface area is 131 Å². The fraction of sp³-hybridized carbons (Fsp3) is 0.438. The molecule has 0 aliphatic heterocycles. The number of ether oxygens (including phenoxy) is 1.